The van der Waals surface area contributed by atoms with Crippen molar-refractivity contribution >= 4 is 23.9 Å². The van der Waals surface area contributed by atoms with Crippen molar-refractivity contribution < 1.29 is 28.7 Å². The van der Waals surface area contributed by atoms with Gasteiger partial charge in [-0.1, -0.05) is 87.3 Å². The summed E-state index contributed by atoms with van der Waals surface area (Å²) in [5, 5.41) is 10.7. The zero-order chi connectivity index (χ0) is 34.0. The molecule has 0 radical (unpaired) electrons. The molecule has 13 nitrogen and oxygen atoms in total. The van der Waals surface area contributed by atoms with Crippen LogP contribution >= 0.6 is 0 Å². The van der Waals surface area contributed by atoms with E-state index in [1.165, 1.54) is 24.3 Å². The molecule has 0 aliphatic heterocycles. The molecular formula is C33H53N7O6. The normalized spacial score (nSPS) is 16.8. The summed E-state index contributed by atoms with van der Waals surface area (Å²) in [6.07, 6.45) is 7.80. The second-order valence-electron chi connectivity index (χ2n) is 13.0. The second kappa shape index (κ2) is 20.3. The van der Waals surface area contributed by atoms with Gasteiger partial charge in [0, 0.05) is 31.0 Å². The van der Waals surface area contributed by atoms with E-state index in [-0.39, 0.29) is 38.0 Å². The number of nitrogens with zero attached hydrogens (tertiary/aromatic N) is 4. The van der Waals surface area contributed by atoms with Crippen molar-refractivity contribution in [3.05, 3.63) is 46.3 Å². The van der Waals surface area contributed by atoms with E-state index >= 15 is 0 Å². The molecule has 1 aromatic rings. The smallest absolute Gasteiger partial charge is 0.408 e. The largest absolute Gasteiger partial charge is 0.460 e. The lowest BCUT2D eigenvalue weighted by Gasteiger charge is -2.26. The van der Waals surface area contributed by atoms with Gasteiger partial charge in [0.15, 0.2) is 0 Å². The van der Waals surface area contributed by atoms with Gasteiger partial charge in [-0.2, -0.15) is 0 Å². The van der Waals surface area contributed by atoms with Crippen molar-refractivity contribution in [1.29, 1.82) is 0 Å². The number of unbranched alkanes of at least 4 members (excludes halogenated alkanes) is 6. The Balaban J connectivity index is 2.00. The van der Waals surface area contributed by atoms with Crippen molar-refractivity contribution in [2.45, 2.75) is 116 Å². The summed E-state index contributed by atoms with van der Waals surface area (Å²) >= 11 is 0. The number of azide groups is 1. The number of likely N-dealkylation sites (N-methyl/N-ethyl adjacent to an activating group) is 1. The molecule has 3 amide bonds. The number of nitrogens with one attached hydrogen (secondary N) is 3. The number of hydrogen-bond acceptors (Lipinski definition) is 8. The Kier molecular flexibility index (Phi) is 16.9. The molecule has 4 atom stereocenters. The van der Waals surface area contributed by atoms with Crippen molar-refractivity contribution in [1.82, 2.24) is 21.1 Å². The van der Waals surface area contributed by atoms with Gasteiger partial charge >= 0.3 is 12.1 Å². The predicted octanol–water partition coefficient (Wildman–Crippen LogP) is 5.55. The van der Waals surface area contributed by atoms with E-state index in [9.17, 15) is 19.2 Å². The minimum Gasteiger partial charge on any atom is -0.460 e. The molecule has 0 bridgehead atoms. The third-order valence-electron chi connectivity index (χ3n) is 7.63. The monoisotopic (exact) mass is 643 g/mol. The fraction of sp³-hybridized carbons (Fsp3) is 0.697. The molecule has 3 N–H and O–H groups in total. The number of hydrogen-bond donors (Lipinski definition) is 3. The lowest BCUT2D eigenvalue weighted by Crippen LogP contribution is -2.52. The average molecular weight is 644 g/mol. The summed E-state index contributed by atoms with van der Waals surface area (Å²) in [6, 6.07) is 7.87. The molecule has 1 aromatic carbocycles. The Morgan fingerprint density at radius 3 is 2.37 bits per heavy atom. The Morgan fingerprint density at radius 2 is 1.72 bits per heavy atom. The number of benzene rings is 1. The molecule has 1 saturated carbocycles. The third kappa shape index (κ3) is 16.5. The number of amides is 3. The number of rotatable bonds is 21. The van der Waals surface area contributed by atoms with E-state index in [1.54, 1.807) is 27.8 Å². The number of ether oxygens (including phenoxy) is 2. The summed E-state index contributed by atoms with van der Waals surface area (Å²) in [6.45, 7) is 7.65. The average Bonchev–Trinajstić information content (AvgIpc) is 3.76. The van der Waals surface area contributed by atoms with Crippen LogP contribution in [0.4, 0.5) is 4.79 Å². The maximum Gasteiger partial charge on any atom is 0.408 e. The standard InChI is InChI=1S/C33H53N7O6/c1-6-7-8-9-10-11-15-18-27(37-32(44)46-33(2,3)4)31(43)36-28(26-19-25(26)21-35-39-34)20-29(41)38-40(5)22-30(42)45-23-24-16-13-12-14-17-24/h12-14,16-17,25-28H,6-11,15,18-23H2,1-5H3,(H,36,43)(H,37,44)(H,38,41)/t25-,26-,27+,28+/m0/s1. The summed E-state index contributed by atoms with van der Waals surface area (Å²) in [4.78, 5) is 54.4. The van der Waals surface area contributed by atoms with Gasteiger partial charge in [-0.05, 0) is 56.5 Å². The first kappa shape index (κ1) is 38.4. The summed E-state index contributed by atoms with van der Waals surface area (Å²) in [7, 11) is 1.56. The van der Waals surface area contributed by atoms with E-state index in [0.717, 1.165) is 31.2 Å². The van der Waals surface area contributed by atoms with Crippen molar-refractivity contribution in [2.24, 2.45) is 17.0 Å². The highest BCUT2D eigenvalue weighted by atomic mass is 16.6. The molecule has 13 heteroatoms. The first-order valence-corrected chi connectivity index (χ1v) is 16.4. The van der Waals surface area contributed by atoms with Crippen LogP contribution in [0.5, 0.6) is 0 Å². The fourth-order valence-electron chi connectivity index (χ4n) is 5.21. The minimum atomic E-state index is -0.840. The zero-order valence-electron chi connectivity index (χ0n) is 28.1. The van der Waals surface area contributed by atoms with Crippen LogP contribution in [0.25, 0.3) is 10.4 Å². The van der Waals surface area contributed by atoms with Crippen LogP contribution in [0.3, 0.4) is 0 Å². The van der Waals surface area contributed by atoms with Crippen molar-refractivity contribution in [3.63, 3.8) is 0 Å². The Morgan fingerprint density at radius 1 is 1.04 bits per heavy atom. The molecule has 1 fully saturated rings. The van der Waals surface area contributed by atoms with Crippen molar-refractivity contribution in [3.8, 4) is 0 Å². The molecule has 256 valence electrons. The highest BCUT2D eigenvalue weighted by molar-refractivity contribution is 5.86. The van der Waals surface area contributed by atoms with E-state index in [0.29, 0.717) is 12.8 Å². The van der Waals surface area contributed by atoms with Gasteiger partial charge in [0.25, 0.3) is 0 Å². The maximum atomic E-state index is 13.6. The molecule has 0 heterocycles. The van der Waals surface area contributed by atoms with Crippen LogP contribution in [-0.2, 0) is 30.5 Å². The lowest BCUT2D eigenvalue weighted by molar-refractivity contribution is -0.147. The van der Waals surface area contributed by atoms with E-state index in [1.807, 2.05) is 30.3 Å². The van der Waals surface area contributed by atoms with Gasteiger partial charge in [-0.15, -0.1) is 0 Å². The van der Waals surface area contributed by atoms with Crippen LogP contribution in [0.1, 0.15) is 97.5 Å². The van der Waals surface area contributed by atoms with Gasteiger partial charge in [-0.3, -0.25) is 19.8 Å². The van der Waals surface area contributed by atoms with E-state index in [4.69, 9.17) is 15.0 Å². The number of alkyl carbamates (subject to hydrolysis) is 1. The van der Waals surface area contributed by atoms with Crippen LogP contribution < -0.4 is 16.1 Å². The Labute approximate surface area is 273 Å². The highest BCUT2D eigenvalue weighted by Gasteiger charge is 2.44. The zero-order valence-corrected chi connectivity index (χ0v) is 28.1. The summed E-state index contributed by atoms with van der Waals surface area (Å²) < 4.78 is 10.7. The highest BCUT2D eigenvalue weighted by Crippen LogP contribution is 2.42. The molecule has 1 aliphatic rings. The number of hydrazine groups is 1. The quantitative estimate of drug-likeness (QED) is 0.0393. The first-order chi connectivity index (χ1) is 21.9. The van der Waals surface area contributed by atoms with Crippen LogP contribution in [0, 0.1) is 11.8 Å². The van der Waals surface area contributed by atoms with Gasteiger partial charge < -0.3 is 20.1 Å². The van der Waals surface area contributed by atoms with Crippen LogP contribution in [0.2, 0.25) is 0 Å². The molecule has 0 spiro atoms. The molecule has 0 aromatic heterocycles. The first-order valence-electron chi connectivity index (χ1n) is 16.4. The molecule has 0 saturated heterocycles. The van der Waals surface area contributed by atoms with E-state index < -0.39 is 41.6 Å². The molecule has 46 heavy (non-hydrogen) atoms. The molecule has 0 unspecified atom stereocenters. The lowest BCUT2D eigenvalue weighted by atomic mass is 10.0. The molecular weight excluding hydrogens is 590 g/mol. The van der Waals surface area contributed by atoms with Gasteiger partial charge in [0.05, 0.1) is 0 Å². The Bertz CT molecular complexity index is 1150. The summed E-state index contributed by atoms with van der Waals surface area (Å²) in [5.74, 6) is -1.36. The van der Waals surface area contributed by atoms with Gasteiger partial charge in [0.1, 0.15) is 24.8 Å². The Hall–Kier alpha value is -3.83. The van der Waals surface area contributed by atoms with Crippen LogP contribution in [0.15, 0.2) is 35.4 Å². The van der Waals surface area contributed by atoms with Crippen LogP contribution in [-0.4, -0.2) is 66.7 Å². The van der Waals surface area contributed by atoms with E-state index in [2.05, 4.69) is 33.0 Å². The predicted molar refractivity (Wildman–Crippen MR) is 175 cm³/mol. The summed E-state index contributed by atoms with van der Waals surface area (Å²) in [5.41, 5.74) is 11.6. The number of carbonyl (C=O) groups excluding carboxylic acids is 4. The van der Waals surface area contributed by atoms with Crippen molar-refractivity contribution in [2.75, 3.05) is 20.1 Å². The fourth-order valence-corrected chi connectivity index (χ4v) is 5.21. The topological polar surface area (TPSA) is 175 Å². The van der Waals surface area contributed by atoms with Gasteiger partial charge in [0.2, 0.25) is 11.8 Å². The second-order valence-corrected chi connectivity index (χ2v) is 13.0. The third-order valence-corrected chi connectivity index (χ3v) is 7.63. The molecule has 2 rings (SSSR count). The SMILES string of the molecule is CCCCCCCCC[C@@H](NC(=O)OC(C)(C)C)C(=O)N[C@H](CC(=O)NN(C)CC(=O)OCc1ccccc1)[C@H]1C[C@H]1CN=[N+]=[N-]. The maximum absolute atomic E-state index is 13.6. The minimum absolute atomic E-state index is 0.0279. The van der Waals surface area contributed by atoms with Gasteiger partial charge in [-0.25, -0.2) is 9.80 Å². The molecule has 1 aliphatic carbocycles. The number of esters is 1. The number of carbonyl (C=O) groups is 4.